The third-order valence-electron chi connectivity index (χ3n) is 3.17. The maximum Gasteiger partial charge on any atom is 0.250 e. The minimum absolute atomic E-state index is 0.0528. The first-order valence-electron chi connectivity index (χ1n) is 6.83. The minimum atomic E-state index is -0.251. The Morgan fingerprint density at radius 1 is 1.18 bits per heavy atom. The van der Waals surface area contributed by atoms with Crippen LogP contribution >= 0.6 is 0 Å². The van der Waals surface area contributed by atoms with Gasteiger partial charge < -0.3 is 25.3 Å². The Labute approximate surface area is 127 Å². The molecule has 1 heterocycles. The van der Waals surface area contributed by atoms with Crippen molar-refractivity contribution in [1.82, 2.24) is 0 Å². The Kier molecular flexibility index (Phi) is 4.11. The summed E-state index contributed by atoms with van der Waals surface area (Å²) in [6, 6.07) is 12.6. The molecule has 0 unspecified atom stereocenters. The van der Waals surface area contributed by atoms with Crippen LogP contribution in [0, 0.1) is 0 Å². The Morgan fingerprint density at radius 2 is 2.00 bits per heavy atom. The monoisotopic (exact) mass is 300 g/mol. The summed E-state index contributed by atoms with van der Waals surface area (Å²) in [7, 11) is 0. The van der Waals surface area contributed by atoms with Crippen LogP contribution in [0.3, 0.4) is 0 Å². The number of carbonyl (C=O) groups is 1. The van der Waals surface area contributed by atoms with E-state index in [1.165, 1.54) is 0 Å². The predicted molar refractivity (Wildman–Crippen MR) is 81.7 cm³/mol. The molecule has 114 valence electrons. The first kappa shape index (κ1) is 14.2. The summed E-state index contributed by atoms with van der Waals surface area (Å²) in [5, 5.41) is 2.70. The van der Waals surface area contributed by atoms with Crippen LogP contribution in [0.5, 0.6) is 11.5 Å². The molecule has 2 aromatic carbocycles. The molecule has 0 aromatic heterocycles. The van der Waals surface area contributed by atoms with Gasteiger partial charge in [-0.3, -0.25) is 4.79 Å². The summed E-state index contributed by atoms with van der Waals surface area (Å²) in [6.07, 6.45) is 0. The van der Waals surface area contributed by atoms with Crippen LogP contribution in [0.4, 0.5) is 11.4 Å². The van der Waals surface area contributed by atoms with Gasteiger partial charge in [-0.1, -0.05) is 18.2 Å². The minimum Gasteiger partial charge on any atom is -0.454 e. The van der Waals surface area contributed by atoms with Crippen LogP contribution in [-0.4, -0.2) is 19.3 Å². The molecule has 6 nitrogen and oxygen atoms in total. The van der Waals surface area contributed by atoms with E-state index in [-0.39, 0.29) is 19.3 Å². The van der Waals surface area contributed by atoms with Crippen LogP contribution in [0.2, 0.25) is 0 Å². The average Bonchev–Trinajstić information content (AvgIpc) is 2.97. The van der Waals surface area contributed by atoms with E-state index in [0.29, 0.717) is 23.7 Å². The van der Waals surface area contributed by atoms with Crippen LogP contribution in [0.1, 0.15) is 5.56 Å². The number of hydrogen-bond donors (Lipinski definition) is 2. The van der Waals surface area contributed by atoms with Crippen molar-refractivity contribution >= 4 is 17.3 Å². The molecule has 1 aliphatic heterocycles. The van der Waals surface area contributed by atoms with Gasteiger partial charge in [-0.15, -0.1) is 0 Å². The van der Waals surface area contributed by atoms with E-state index in [2.05, 4.69) is 5.32 Å². The van der Waals surface area contributed by atoms with Gasteiger partial charge in [0.15, 0.2) is 11.5 Å². The van der Waals surface area contributed by atoms with Gasteiger partial charge in [-0.2, -0.15) is 0 Å². The van der Waals surface area contributed by atoms with E-state index in [1.807, 2.05) is 18.2 Å². The number of anilines is 2. The lowest BCUT2D eigenvalue weighted by atomic mass is 10.2. The van der Waals surface area contributed by atoms with Crippen LogP contribution in [-0.2, 0) is 16.1 Å². The number of hydrogen-bond acceptors (Lipinski definition) is 5. The number of nitrogens with two attached hydrogens (primary N) is 1. The van der Waals surface area contributed by atoms with Crippen molar-refractivity contribution in [3.63, 3.8) is 0 Å². The fourth-order valence-corrected chi connectivity index (χ4v) is 2.09. The summed E-state index contributed by atoms with van der Waals surface area (Å²) in [4.78, 5) is 11.8. The van der Waals surface area contributed by atoms with Crippen LogP contribution < -0.4 is 20.5 Å². The van der Waals surface area contributed by atoms with Gasteiger partial charge in [-0.25, -0.2) is 0 Å². The highest BCUT2D eigenvalue weighted by molar-refractivity contribution is 5.94. The summed E-state index contributed by atoms with van der Waals surface area (Å²) >= 11 is 0. The molecule has 0 spiro atoms. The zero-order valence-corrected chi connectivity index (χ0v) is 11.9. The Balaban J connectivity index is 1.49. The zero-order chi connectivity index (χ0) is 15.4. The van der Waals surface area contributed by atoms with Gasteiger partial charge in [0, 0.05) is 0 Å². The van der Waals surface area contributed by atoms with Crippen molar-refractivity contribution in [1.29, 1.82) is 0 Å². The summed E-state index contributed by atoms with van der Waals surface area (Å²) in [5.74, 6) is 1.17. The van der Waals surface area contributed by atoms with Crippen molar-refractivity contribution in [3.05, 3.63) is 48.0 Å². The van der Waals surface area contributed by atoms with Crippen molar-refractivity contribution in [3.8, 4) is 11.5 Å². The maximum atomic E-state index is 11.8. The van der Waals surface area contributed by atoms with E-state index in [9.17, 15) is 4.79 Å². The molecule has 0 aliphatic carbocycles. The van der Waals surface area contributed by atoms with E-state index in [4.69, 9.17) is 19.9 Å². The average molecular weight is 300 g/mol. The quantitative estimate of drug-likeness (QED) is 0.827. The normalized spacial score (nSPS) is 12.2. The number of nitrogen functional groups attached to an aromatic ring is 1. The van der Waals surface area contributed by atoms with Gasteiger partial charge in [0.1, 0.15) is 6.61 Å². The van der Waals surface area contributed by atoms with E-state index in [0.717, 1.165) is 11.3 Å². The summed E-state index contributed by atoms with van der Waals surface area (Å²) in [5.41, 5.74) is 7.78. The summed E-state index contributed by atoms with van der Waals surface area (Å²) in [6.45, 7) is 0.498. The lowest BCUT2D eigenvalue weighted by Gasteiger charge is -2.08. The lowest BCUT2D eigenvalue weighted by Crippen LogP contribution is -2.18. The largest absolute Gasteiger partial charge is 0.454 e. The standard InChI is InChI=1S/C16H16N2O4/c17-12-3-1-2-4-13(12)18-16(19)9-20-8-11-5-6-14-15(7-11)22-10-21-14/h1-7H,8-10,17H2,(H,18,19). The van der Waals surface area contributed by atoms with E-state index in [1.54, 1.807) is 24.3 Å². The molecule has 0 fully saturated rings. The van der Waals surface area contributed by atoms with Gasteiger partial charge in [0.05, 0.1) is 18.0 Å². The summed E-state index contributed by atoms with van der Waals surface area (Å²) < 4.78 is 15.9. The lowest BCUT2D eigenvalue weighted by molar-refractivity contribution is -0.121. The molecule has 3 N–H and O–H groups in total. The van der Waals surface area contributed by atoms with Gasteiger partial charge in [0.25, 0.3) is 0 Å². The highest BCUT2D eigenvalue weighted by Crippen LogP contribution is 2.32. The Bertz CT molecular complexity index is 688. The van der Waals surface area contributed by atoms with E-state index >= 15 is 0 Å². The van der Waals surface area contributed by atoms with Gasteiger partial charge in [0.2, 0.25) is 12.7 Å². The number of nitrogens with one attached hydrogen (secondary N) is 1. The first-order valence-corrected chi connectivity index (χ1v) is 6.83. The van der Waals surface area contributed by atoms with Crippen molar-refractivity contribution < 1.29 is 19.0 Å². The molecule has 1 amide bonds. The third-order valence-corrected chi connectivity index (χ3v) is 3.17. The van der Waals surface area contributed by atoms with Crippen molar-refractivity contribution in [2.45, 2.75) is 6.61 Å². The molecule has 0 radical (unpaired) electrons. The smallest absolute Gasteiger partial charge is 0.250 e. The maximum absolute atomic E-state index is 11.8. The highest BCUT2D eigenvalue weighted by Gasteiger charge is 2.13. The molecule has 0 saturated heterocycles. The number of para-hydroxylation sites is 2. The van der Waals surface area contributed by atoms with E-state index < -0.39 is 0 Å². The fraction of sp³-hybridized carbons (Fsp3) is 0.188. The number of carbonyl (C=O) groups excluding carboxylic acids is 1. The number of ether oxygens (including phenoxy) is 3. The third kappa shape index (κ3) is 3.29. The molecule has 6 heteroatoms. The molecule has 2 aromatic rings. The predicted octanol–water partition coefficient (Wildman–Crippen LogP) is 2.15. The van der Waals surface area contributed by atoms with Crippen LogP contribution in [0.15, 0.2) is 42.5 Å². The topological polar surface area (TPSA) is 82.8 Å². The second-order valence-corrected chi connectivity index (χ2v) is 4.82. The SMILES string of the molecule is Nc1ccccc1NC(=O)COCc1ccc2c(c1)OCO2. The van der Waals surface area contributed by atoms with Gasteiger partial charge >= 0.3 is 0 Å². The van der Waals surface area contributed by atoms with Crippen molar-refractivity contribution in [2.24, 2.45) is 0 Å². The molecular weight excluding hydrogens is 284 g/mol. The zero-order valence-electron chi connectivity index (χ0n) is 11.9. The molecule has 0 saturated carbocycles. The van der Waals surface area contributed by atoms with Gasteiger partial charge in [-0.05, 0) is 29.8 Å². The molecule has 3 rings (SSSR count). The molecular formula is C16H16N2O4. The molecule has 0 atom stereocenters. The first-order chi connectivity index (χ1) is 10.7. The Morgan fingerprint density at radius 3 is 2.86 bits per heavy atom. The molecule has 0 bridgehead atoms. The Hall–Kier alpha value is -2.73. The van der Waals surface area contributed by atoms with Crippen LogP contribution in [0.25, 0.3) is 0 Å². The van der Waals surface area contributed by atoms with Crippen molar-refractivity contribution in [2.75, 3.05) is 24.5 Å². The molecule has 1 aliphatic rings. The second-order valence-electron chi connectivity index (χ2n) is 4.82. The number of fused-ring (bicyclic) bond motifs is 1. The highest BCUT2D eigenvalue weighted by atomic mass is 16.7. The number of amides is 1. The second kappa shape index (κ2) is 6.36. The fourth-order valence-electron chi connectivity index (χ4n) is 2.09. The number of rotatable bonds is 5. The number of benzene rings is 2. The molecule has 22 heavy (non-hydrogen) atoms.